The van der Waals surface area contributed by atoms with E-state index < -0.39 is 265 Å². The zero-order valence-corrected chi connectivity index (χ0v) is 44.3. The van der Waals surface area contributed by atoms with Crippen molar-refractivity contribution in [2.45, 2.75) is 203 Å². The van der Waals surface area contributed by atoms with E-state index in [0.717, 1.165) is 13.8 Å². The van der Waals surface area contributed by atoms with Crippen molar-refractivity contribution < 1.29 is 179 Å². The lowest BCUT2D eigenvalue weighted by atomic mass is 9.86. The first-order chi connectivity index (χ1) is 39.3. The molecule has 5 saturated heterocycles. The molecule has 0 bridgehead atoms. The molecule has 28 atom stereocenters. The van der Waals surface area contributed by atoms with Crippen molar-refractivity contribution in [2.75, 3.05) is 39.6 Å². The van der Waals surface area contributed by atoms with Gasteiger partial charge < -0.3 is 166 Å². The molecule has 0 aliphatic carbocycles. The molecule has 0 aromatic carbocycles. The van der Waals surface area contributed by atoms with E-state index >= 15 is 0 Å². The highest BCUT2D eigenvalue weighted by Gasteiger charge is 2.64. The predicted molar refractivity (Wildman–Crippen MR) is 254 cm³/mol. The lowest BCUT2D eigenvalue weighted by Gasteiger charge is -2.51. The van der Waals surface area contributed by atoms with Crippen LogP contribution in [0, 0.1) is 0 Å². The summed E-state index contributed by atoms with van der Waals surface area (Å²) in [6.45, 7) is -6.24. The predicted octanol–water partition coefficient (Wildman–Crippen LogP) is -14.9. The Bertz CT molecular complexity index is 2240. The Morgan fingerprint density at radius 2 is 0.929 bits per heavy atom. The van der Waals surface area contributed by atoms with E-state index in [2.05, 4.69) is 10.6 Å². The zero-order valence-electron chi connectivity index (χ0n) is 44.3. The van der Waals surface area contributed by atoms with Crippen LogP contribution < -0.4 is 16.0 Å². The van der Waals surface area contributed by atoms with Crippen LogP contribution in [0.25, 0.3) is 0 Å². The second-order valence-corrected chi connectivity index (χ2v) is 20.5. The molecule has 39 nitrogen and oxygen atoms in total. The van der Waals surface area contributed by atoms with Crippen LogP contribution in [0.15, 0.2) is 0 Å². The molecule has 84 heavy (non-hydrogen) atoms. The third-order valence-electron chi connectivity index (χ3n) is 14.6. The van der Waals surface area contributed by atoms with Crippen molar-refractivity contribution in [3.05, 3.63) is 0 Å². The normalized spacial score (nSPS) is 41.4. The van der Waals surface area contributed by atoms with Gasteiger partial charge in [0.05, 0.1) is 69.5 Å². The molecular weight excluding hydrogens is 1160 g/mol. The van der Waals surface area contributed by atoms with Gasteiger partial charge in [0.2, 0.25) is 17.7 Å². The van der Waals surface area contributed by atoms with E-state index in [4.69, 9.17) is 42.6 Å². The van der Waals surface area contributed by atoms with Crippen LogP contribution in [0.4, 0.5) is 0 Å². The second kappa shape index (κ2) is 29.2. The van der Waals surface area contributed by atoms with Gasteiger partial charge in [-0.15, -0.1) is 0 Å². The Morgan fingerprint density at radius 3 is 1.32 bits per heavy atom. The lowest BCUT2D eigenvalue weighted by molar-refractivity contribution is -0.387. The van der Waals surface area contributed by atoms with Crippen LogP contribution in [-0.4, -0.2) is 353 Å². The first-order valence-electron chi connectivity index (χ1n) is 25.7. The molecule has 0 unspecified atom stereocenters. The fourth-order valence-electron chi connectivity index (χ4n) is 10.3. The molecule has 39 heteroatoms. The molecule has 0 saturated carbocycles. The molecule has 5 heterocycles. The average Bonchev–Trinajstić information content (AvgIpc) is 1.22. The topological polar surface area (TPSA) is 646 Å². The van der Waals surface area contributed by atoms with Gasteiger partial charge in [-0.3, -0.25) is 14.4 Å². The van der Waals surface area contributed by atoms with Crippen LogP contribution >= 0.6 is 0 Å². The van der Waals surface area contributed by atoms with Gasteiger partial charge in [0, 0.05) is 33.1 Å². The fraction of sp³-hybridized carbons (Fsp3) is 0.867. The minimum atomic E-state index is -3.58. The summed E-state index contributed by atoms with van der Waals surface area (Å²) < 4.78 is 49.9. The number of aliphatic hydroxyl groups is 18. The van der Waals surface area contributed by atoms with Gasteiger partial charge in [-0.05, 0) is 0 Å². The van der Waals surface area contributed by atoms with Crippen LogP contribution in [0.2, 0.25) is 0 Å². The molecule has 0 spiro atoms. The van der Waals surface area contributed by atoms with Gasteiger partial charge in [-0.25, -0.2) is 14.4 Å². The van der Waals surface area contributed by atoms with Crippen molar-refractivity contribution in [3.8, 4) is 0 Å². The number of carboxylic acid groups (broad SMARTS) is 3. The summed E-state index contributed by atoms with van der Waals surface area (Å²) >= 11 is 0. The van der Waals surface area contributed by atoms with E-state index in [1.54, 1.807) is 0 Å². The minimum absolute atomic E-state index is 0.842. The molecule has 3 amide bonds. The Balaban J connectivity index is 1.53. The summed E-state index contributed by atoms with van der Waals surface area (Å²) in [6.07, 6.45) is -54.9. The van der Waals surface area contributed by atoms with E-state index in [-0.39, 0.29) is 0 Å². The number of rotatable bonds is 26. The minimum Gasteiger partial charge on any atom is -0.477 e. The fourth-order valence-corrected chi connectivity index (χ4v) is 10.3. The summed E-state index contributed by atoms with van der Waals surface area (Å²) in [5, 5.41) is 232. The Hall–Kier alpha value is -4.26. The Labute approximate surface area is 472 Å². The Kier molecular flexibility index (Phi) is 24.5. The molecule has 5 aliphatic rings. The van der Waals surface area contributed by atoms with Gasteiger partial charge in [-0.1, -0.05) is 0 Å². The monoisotopic (exact) mass is 1230 g/mol. The van der Waals surface area contributed by atoms with Crippen molar-refractivity contribution in [2.24, 2.45) is 0 Å². The quantitative estimate of drug-likeness (QED) is 0.0382. The number of hydrogen-bond donors (Lipinski definition) is 24. The van der Waals surface area contributed by atoms with Gasteiger partial charge in [0.15, 0.2) is 12.6 Å². The number of carbonyl (C=O) groups is 6. The van der Waals surface area contributed by atoms with Gasteiger partial charge in [0.25, 0.3) is 17.4 Å². The average molecular weight is 1230 g/mol. The molecule has 5 rings (SSSR count). The van der Waals surface area contributed by atoms with Crippen molar-refractivity contribution in [1.29, 1.82) is 0 Å². The van der Waals surface area contributed by atoms with Gasteiger partial charge >= 0.3 is 17.9 Å². The van der Waals surface area contributed by atoms with Crippen molar-refractivity contribution in [3.63, 3.8) is 0 Å². The standard InChI is InChI=1S/C45H73N3O36/c1-12(55)46-23-14(57)3-43(40(70)71,81-34(23)26(62)17(60)6-49)79-19(8-51)28(64)35-24(47-13(2)56)15(58)4-44(82-35,41(72)73)80-20(9-52)29(65)36-25(48-22(61)11-54)16(59)5-45(83-36,42(74)75)84-37-27(63)18(7-50)77-39(32(37)68)78-33-21(10-53)76-38(69)31(67)30(33)66/h14-21,23-39,49-54,57-60,62-69H,3-11H2,1-2H3,(H,46,55)(H,47,56)(H,48,61)(H,70,71)(H,72,73)(H,74,75)/t14-,15-,16-,17+,18+,19+,20+,21+,23+,24+,25+,26+,27-,28+,29+,30+,31+,32+,33+,34+,35+,36+,37-,38+,39-,43+,44+,45-/m0/s1. The SMILES string of the molecule is CC(=O)N[C@H]1[C@H]([C@H](O)[C@H](O)CO)O[C@@](O[C@H](CO)[C@@H](O)[C@@H]2O[C@@](O[C@H](CO)[C@@H](O)[C@@H]3O[C@@](O[C@H]4[C@@H](O)[C@@H](CO)O[C@@H](O[C@H]5[C@H](O)[C@@H](O)[C@H](O)O[C@@H]5CO)[C@@H]4O)(C(=O)O)C[C@H](O)[C@H]3NC(=O)CO)(C(=O)O)C[C@H](O)[C@H]2NC(C)=O)(C(=O)O)C[C@@H]1O. The Morgan fingerprint density at radius 1 is 0.512 bits per heavy atom. The summed E-state index contributed by atoms with van der Waals surface area (Å²) in [5.74, 6) is -20.6. The first-order valence-corrected chi connectivity index (χ1v) is 25.7. The van der Waals surface area contributed by atoms with Gasteiger partial charge in [-0.2, -0.15) is 0 Å². The molecule has 0 radical (unpaired) electrons. The maximum Gasteiger partial charge on any atom is 0.364 e. The third kappa shape index (κ3) is 15.0. The van der Waals surface area contributed by atoms with Crippen LogP contribution in [0.5, 0.6) is 0 Å². The third-order valence-corrected chi connectivity index (χ3v) is 14.6. The van der Waals surface area contributed by atoms with E-state index in [0.29, 0.717) is 0 Å². The lowest BCUT2D eigenvalue weighted by Crippen LogP contribution is -2.72. The van der Waals surface area contributed by atoms with E-state index in [1.807, 2.05) is 5.32 Å². The van der Waals surface area contributed by atoms with Crippen LogP contribution in [0.1, 0.15) is 33.1 Å². The summed E-state index contributed by atoms with van der Waals surface area (Å²) in [5.41, 5.74) is 0. The van der Waals surface area contributed by atoms with Crippen LogP contribution in [0.3, 0.4) is 0 Å². The highest BCUT2D eigenvalue weighted by molar-refractivity contribution is 5.79. The summed E-state index contributed by atoms with van der Waals surface area (Å²) in [4.78, 5) is 77.2. The molecule has 5 aliphatic heterocycles. The van der Waals surface area contributed by atoms with Crippen molar-refractivity contribution in [1.82, 2.24) is 16.0 Å². The number of carboxylic acids is 3. The maximum atomic E-state index is 13.5. The second-order valence-electron chi connectivity index (χ2n) is 20.5. The molecule has 5 fully saturated rings. The highest BCUT2D eigenvalue weighted by atomic mass is 16.8. The number of aliphatic hydroxyl groups excluding tert-OH is 18. The van der Waals surface area contributed by atoms with Crippen LogP contribution in [-0.2, 0) is 71.4 Å². The summed E-state index contributed by atoms with van der Waals surface area (Å²) in [7, 11) is 0. The number of hydrogen-bond acceptors (Lipinski definition) is 33. The molecule has 0 aromatic heterocycles. The molecule has 484 valence electrons. The first kappa shape index (κ1) is 70.5. The van der Waals surface area contributed by atoms with Gasteiger partial charge in [0.1, 0.15) is 110 Å². The summed E-state index contributed by atoms with van der Waals surface area (Å²) in [6, 6.07) is -6.00. The van der Waals surface area contributed by atoms with Crippen molar-refractivity contribution >= 4 is 35.6 Å². The number of carbonyl (C=O) groups excluding carboxylic acids is 3. The number of nitrogens with one attached hydrogen (secondary N) is 3. The van der Waals surface area contributed by atoms with E-state index in [1.165, 1.54) is 0 Å². The highest BCUT2D eigenvalue weighted by Crippen LogP contribution is 2.42. The molecule has 0 aromatic rings. The molecular formula is C45H73N3O36. The largest absolute Gasteiger partial charge is 0.477 e. The maximum absolute atomic E-state index is 13.5. The number of ether oxygens (including phenoxy) is 9. The zero-order chi connectivity index (χ0) is 63.2. The van der Waals surface area contributed by atoms with E-state index in [9.17, 15) is 136 Å². The number of aliphatic carboxylic acids is 3. The smallest absolute Gasteiger partial charge is 0.364 e. The molecule has 24 N–H and O–H groups in total. The number of amides is 3.